The first kappa shape index (κ1) is 15.8. The Morgan fingerprint density at radius 3 is 2.40 bits per heavy atom. The van der Waals surface area contributed by atoms with Crippen molar-refractivity contribution >= 4 is 23.2 Å². The van der Waals surface area contributed by atoms with Crippen LogP contribution in [0.3, 0.4) is 0 Å². The van der Waals surface area contributed by atoms with E-state index in [0.29, 0.717) is 23.5 Å². The van der Waals surface area contributed by atoms with Crippen molar-refractivity contribution in [2.45, 2.75) is 13.3 Å². The summed E-state index contributed by atoms with van der Waals surface area (Å²) < 4.78 is 0. The molecule has 0 atom stereocenters. The maximum Gasteiger partial charge on any atom is 0.250 e. The zero-order valence-corrected chi connectivity index (χ0v) is 12.2. The number of nitrogens with zero attached hydrogens (tertiary/aromatic N) is 2. The van der Waals surface area contributed by atoms with Gasteiger partial charge in [-0.2, -0.15) is 0 Å². The van der Waals surface area contributed by atoms with Gasteiger partial charge >= 0.3 is 0 Å². The Kier molecular flexibility index (Phi) is 5.37. The van der Waals surface area contributed by atoms with E-state index in [2.05, 4.69) is 0 Å². The van der Waals surface area contributed by atoms with Gasteiger partial charge in [0.05, 0.1) is 23.5 Å². The first-order chi connectivity index (χ1) is 9.38. The van der Waals surface area contributed by atoms with E-state index in [-0.39, 0.29) is 12.5 Å². The van der Waals surface area contributed by atoms with Crippen LogP contribution >= 0.6 is 0 Å². The summed E-state index contributed by atoms with van der Waals surface area (Å²) in [6, 6.07) is 5.00. The van der Waals surface area contributed by atoms with Crippen molar-refractivity contribution < 1.29 is 9.59 Å². The van der Waals surface area contributed by atoms with Crippen LogP contribution in [0, 0.1) is 0 Å². The van der Waals surface area contributed by atoms with Crippen molar-refractivity contribution in [1.29, 1.82) is 0 Å². The third-order valence-corrected chi connectivity index (χ3v) is 2.97. The van der Waals surface area contributed by atoms with E-state index in [1.165, 1.54) is 4.90 Å². The average molecular weight is 278 g/mol. The SMILES string of the molecule is CCCN(CC(=O)N(C)C)c1c(N)cccc1C(N)=O. The van der Waals surface area contributed by atoms with Crippen molar-refractivity contribution in [3.63, 3.8) is 0 Å². The van der Waals surface area contributed by atoms with Crippen LogP contribution in [0.25, 0.3) is 0 Å². The van der Waals surface area contributed by atoms with Crippen LogP contribution in [0.1, 0.15) is 23.7 Å². The molecule has 0 heterocycles. The van der Waals surface area contributed by atoms with Gasteiger partial charge in [-0.05, 0) is 18.6 Å². The average Bonchev–Trinajstić information content (AvgIpc) is 2.37. The number of likely N-dealkylation sites (N-methyl/N-ethyl adjacent to an activating group) is 1. The van der Waals surface area contributed by atoms with Gasteiger partial charge in [0.1, 0.15) is 0 Å². The molecule has 1 aromatic carbocycles. The number of hydrogen-bond acceptors (Lipinski definition) is 4. The monoisotopic (exact) mass is 278 g/mol. The number of carbonyl (C=O) groups excluding carboxylic acids is 2. The molecule has 0 aliphatic rings. The van der Waals surface area contributed by atoms with Crippen LogP contribution in [0.5, 0.6) is 0 Å². The molecule has 0 saturated carbocycles. The molecule has 6 heteroatoms. The van der Waals surface area contributed by atoms with Gasteiger partial charge < -0.3 is 21.3 Å². The third kappa shape index (κ3) is 3.63. The Balaban J connectivity index is 3.20. The van der Waals surface area contributed by atoms with Crippen LogP contribution in [0.15, 0.2) is 18.2 Å². The quantitative estimate of drug-likeness (QED) is 0.748. The molecule has 110 valence electrons. The van der Waals surface area contributed by atoms with E-state index >= 15 is 0 Å². The predicted molar refractivity (Wildman–Crippen MR) is 80.6 cm³/mol. The number of nitrogens with two attached hydrogens (primary N) is 2. The van der Waals surface area contributed by atoms with Gasteiger partial charge in [0.15, 0.2) is 0 Å². The lowest BCUT2D eigenvalue weighted by molar-refractivity contribution is -0.127. The molecule has 0 aromatic heterocycles. The summed E-state index contributed by atoms with van der Waals surface area (Å²) >= 11 is 0. The predicted octanol–water partition coefficient (Wildman–Crippen LogP) is 0.672. The van der Waals surface area contributed by atoms with Gasteiger partial charge in [0, 0.05) is 20.6 Å². The summed E-state index contributed by atoms with van der Waals surface area (Å²) in [4.78, 5) is 26.8. The molecule has 0 bridgehead atoms. The largest absolute Gasteiger partial charge is 0.397 e. The van der Waals surface area contributed by atoms with Crippen LogP contribution in [0.4, 0.5) is 11.4 Å². The van der Waals surface area contributed by atoms with Crippen molar-refractivity contribution in [3.05, 3.63) is 23.8 Å². The lowest BCUT2D eigenvalue weighted by Gasteiger charge is -2.28. The number of anilines is 2. The highest BCUT2D eigenvalue weighted by Gasteiger charge is 2.20. The Bertz CT molecular complexity index is 500. The molecule has 0 aliphatic carbocycles. The Morgan fingerprint density at radius 1 is 1.25 bits per heavy atom. The smallest absolute Gasteiger partial charge is 0.250 e. The highest BCUT2D eigenvalue weighted by molar-refractivity contribution is 6.02. The molecule has 4 N–H and O–H groups in total. The van der Waals surface area contributed by atoms with Crippen LogP contribution in [-0.2, 0) is 4.79 Å². The maximum absolute atomic E-state index is 11.9. The molecule has 1 rings (SSSR count). The highest BCUT2D eigenvalue weighted by Crippen LogP contribution is 2.28. The lowest BCUT2D eigenvalue weighted by Crippen LogP contribution is -2.38. The Morgan fingerprint density at radius 2 is 1.90 bits per heavy atom. The van der Waals surface area contributed by atoms with E-state index < -0.39 is 5.91 Å². The van der Waals surface area contributed by atoms with Crippen molar-refractivity contribution in [3.8, 4) is 0 Å². The molecule has 2 amide bonds. The first-order valence-corrected chi connectivity index (χ1v) is 6.51. The van der Waals surface area contributed by atoms with E-state index in [1.54, 1.807) is 37.2 Å². The van der Waals surface area contributed by atoms with Gasteiger partial charge in [0.2, 0.25) is 5.91 Å². The third-order valence-electron chi connectivity index (χ3n) is 2.97. The number of hydrogen-bond donors (Lipinski definition) is 2. The summed E-state index contributed by atoms with van der Waals surface area (Å²) in [7, 11) is 3.38. The zero-order valence-electron chi connectivity index (χ0n) is 12.2. The number of para-hydroxylation sites is 1. The van der Waals surface area contributed by atoms with Crippen molar-refractivity contribution in [2.75, 3.05) is 37.8 Å². The van der Waals surface area contributed by atoms with E-state index in [9.17, 15) is 9.59 Å². The fourth-order valence-corrected chi connectivity index (χ4v) is 1.96. The molecule has 1 aromatic rings. The van der Waals surface area contributed by atoms with Crippen LogP contribution < -0.4 is 16.4 Å². The molecule has 0 unspecified atom stereocenters. The Labute approximate surface area is 119 Å². The number of nitrogen functional groups attached to an aromatic ring is 1. The Hall–Kier alpha value is -2.24. The normalized spacial score (nSPS) is 10.2. The summed E-state index contributed by atoms with van der Waals surface area (Å²) in [5.41, 5.74) is 12.7. The maximum atomic E-state index is 11.9. The standard InChI is InChI=1S/C14H22N4O2/c1-4-8-18(9-12(19)17(2)3)13-10(14(16)20)6-5-7-11(13)15/h5-7H,4,8-9,15H2,1-3H3,(H2,16,20). The molecule has 20 heavy (non-hydrogen) atoms. The minimum absolute atomic E-state index is 0.0582. The minimum Gasteiger partial charge on any atom is -0.397 e. The summed E-state index contributed by atoms with van der Waals surface area (Å²) in [6.45, 7) is 2.78. The second-order valence-electron chi connectivity index (χ2n) is 4.82. The van der Waals surface area contributed by atoms with Gasteiger partial charge in [0.25, 0.3) is 5.91 Å². The molecular formula is C14H22N4O2. The van der Waals surface area contributed by atoms with Crippen molar-refractivity contribution in [1.82, 2.24) is 4.90 Å². The van der Waals surface area contributed by atoms with Gasteiger partial charge in [-0.25, -0.2) is 0 Å². The first-order valence-electron chi connectivity index (χ1n) is 6.51. The fraction of sp³-hybridized carbons (Fsp3) is 0.429. The molecule has 0 spiro atoms. The highest BCUT2D eigenvalue weighted by atomic mass is 16.2. The molecular weight excluding hydrogens is 256 g/mol. The van der Waals surface area contributed by atoms with E-state index in [1.807, 2.05) is 6.92 Å². The number of amides is 2. The molecule has 0 fully saturated rings. The minimum atomic E-state index is -0.550. The number of rotatable bonds is 6. The summed E-state index contributed by atoms with van der Waals surface area (Å²) in [6.07, 6.45) is 0.827. The summed E-state index contributed by atoms with van der Waals surface area (Å²) in [5, 5.41) is 0. The molecule has 0 aliphatic heterocycles. The lowest BCUT2D eigenvalue weighted by atomic mass is 10.1. The van der Waals surface area contributed by atoms with Crippen LogP contribution in [-0.4, -0.2) is 43.9 Å². The number of benzene rings is 1. The second kappa shape index (κ2) is 6.79. The van der Waals surface area contributed by atoms with Crippen molar-refractivity contribution in [2.24, 2.45) is 5.73 Å². The van der Waals surface area contributed by atoms with Gasteiger partial charge in [-0.15, -0.1) is 0 Å². The number of primary amides is 1. The number of carbonyl (C=O) groups is 2. The molecule has 0 radical (unpaired) electrons. The van der Waals surface area contributed by atoms with Gasteiger partial charge in [-0.1, -0.05) is 13.0 Å². The van der Waals surface area contributed by atoms with Crippen LogP contribution in [0.2, 0.25) is 0 Å². The zero-order chi connectivity index (χ0) is 15.3. The summed E-state index contributed by atoms with van der Waals surface area (Å²) in [5.74, 6) is -0.608. The molecule has 0 saturated heterocycles. The molecule has 6 nitrogen and oxygen atoms in total. The van der Waals surface area contributed by atoms with E-state index in [4.69, 9.17) is 11.5 Å². The van der Waals surface area contributed by atoms with E-state index in [0.717, 1.165) is 6.42 Å². The topological polar surface area (TPSA) is 92.7 Å². The van der Waals surface area contributed by atoms with Gasteiger partial charge in [-0.3, -0.25) is 9.59 Å². The fourth-order valence-electron chi connectivity index (χ4n) is 1.96. The second-order valence-corrected chi connectivity index (χ2v) is 4.82.